The van der Waals surface area contributed by atoms with Gasteiger partial charge in [0, 0.05) is 11.0 Å². The largest absolute Gasteiger partial charge is 0.383 e. The van der Waals surface area contributed by atoms with Crippen molar-refractivity contribution in [1.29, 1.82) is 5.26 Å². The van der Waals surface area contributed by atoms with Gasteiger partial charge >= 0.3 is 0 Å². The Morgan fingerprint density at radius 1 is 1.59 bits per heavy atom. The first kappa shape index (κ1) is 13.5. The monoisotopic (exact) mass is 295 g/mol. The summed E-state index contributed by atoms with van der Waals surface area (Å²) in [6, 6.07) is 7.40. The molecule has 1 aromatic carbocycles. The lowest BCUT2D eigenvalue weighted by molar-refractivity contribution is -0.125. The van der Waals surface area contributed by atoms with Crippen LogP contribution in [0, 0.1) is 16.7 Å². The molecule has 0 bridgehead atoms. The first-order valence-corrected chi connectivity index (χ1v) is 5.89. The molecule has 17 heavy (non-hydrogen) atoms. The van der Waals surface area contributed by atoms with Gasteiger partial charge in [-0.3, -0.25) is 4.79 Å². The van der Waals surface area contributed by atoms with Crippen molar-refractivity contribution in [2.24, 2.45) is 11.1 Å². The van der Waals surface area contributed by atoms with Crippen LogP contribution >= 0.6 is 15.9 Å². The van der Waals surface area contributed by atoms with E-state index >= 15 is 0 Å². The third-order valence-electron chi connectivity index (χ3n) is 2.49. The SMILES string of the molecule is CC(C)(CNc1cc(Br)ccc1C#N)C(N)=O. The smallest absolute Gasteiger partial charge is 0.224 e. The van der Waals surface area contributed by atoms with Crippen LogP contribution < -0.4 is 11.1 Å². The number of nitrogens with zero attached hydrogens (tertiary/aromatic N) is 1. The van der Waals surface area contributed by atoms with E-state index in [0.717, 1.165) is 4.47 Å². The van der Waals surface area contributed by atoms with E-state index in [-0.39, 0.29) is 5.91 Å². The highest BCUT2D eigenvalue weighted by molar-refractivity contribution is 9.10. The molecule has 0 fully saturated rings. The summed E-state index contributed by atoms with van der Waals surface area (Å²) < 4.78 is 0.871. The molecule has 0 aromatic heterocycles. The zero-order valence-electron chi connectivity index (χ0n) is 9.75. The van der Waals surface area contributed by atoms with Crippen molar-refractivity contribution >= 4 is 27.5 Å². The van der Waals surface area contributed by atoms with Crippen molar-refractivity contribution in [2.75, 3.05) is 11.9 Å². The van der Waals surface area contributed by atoms with Crippen LogP contribution in [-0.4, -0.2) is 12.5 Å². The molecule has 0 radical (unpaired) electrons. The van der Waals surface area contributed by atoms with E-state index in [1.54, 1.807) is 32.0 Å². The molecular weight excluding hydrogens is 282 g/mol. The lowest BCUT2D eigenvalue weighted by Crippen LogP contribution is -2.37. The van der Waals surface area contributed by atoms with E-state index in [4.69, 9.17) is 11.0 Å². The number of anilines is 1. The van der Waals surface area contributed by atoms with Crippen LogP contribution in [0.25, 0.3) is 0 Å². The number of nitrogens with two attached hydrogens (primary N) is 1. The molecule has 4 nitrogen and oxygen atoms in total. The van der Waals surface area contributed by atoms with Crippen LogP contribution in [0.4, 0.5) is 5.69 Å². The maximum Gasteiger partial charge on any atom is 0.224 e. The van der Waals surface area contributed by atoms with Crippen LogP contribution in [0.1, 0.15) is 19.4 Å². The van der Waals surface area contributed by atoms with E-state index in [1.165, 1.54) is 0 Å². The molecule has 1 amide bonds. The van der Waals surface area contributed by atoms with Gasteiger partial charge in [0.2, 0.25) is 5.91 Å². The van der Waals surface area contributed by atoms with Gasteiger partial charge in [0.15, 0.2) is 0 Å². The van der Waals surface area contributed by atoms with Crippen molar-refractivity contribution in [3.05, 3.63) is 28.2 Å². The fourth-order valence-corrected chi connectivity index (χ4v) is 1.52. The number of primary amides is 1. The number of hydrogen-bond donors (Lipinski definition) is 2. The predicted molar refractivity (Wildman–Crippen MR) is 70.3 cm³/mol. The van der Waals surface area contributed by atoms with E-state index in [0.29, 0.717) is 17.8 Å². The van der Waals surface area contributed by atoms with Crippen LogP contribution in [0.2, 0.25) is 0 Å². The second kappa shape index (κ2) is 5.19. The number of nitriles is 1. The highest BCUT2D eigenvalue weighted by Gasteiger charge is 2.24. The Labute approximate surface area is 109 Å². The lowest BCUT2D eigenvalue weighted by Gasteiger charge is -2.21. The summed E-state index contributed by atoms with van der Waals surface area (Å²) in [5.74, 6) is -0.376. The molecule has 1 rings (SSSR count). The number of amides is 1. The van der Waals surface area contributed by atoms with Crippen molar-refractivity contribution < 1.29 is 4.79 Å². The highest BCUT2D eigenvalue weighted by atomic mass is 79.9. The molecule has 0 saturated carbocycles. The molecule has 3 N–H and O–H groups in total. The van der Waals surface area contributed by atoms with Crippen molar-refractivity contribution in [3.8, 4) is 6.07 Å². The highest BCUT2D eigenvalue weighted by Crippen LogP contribution is 2.23. The molecule has 0 unspecified atom stereocenters. The lowest BCUT2D eigenvalue weighted by atomic mass is 9.92. The topological polar surface area (TPSA) is 78.9 Å². The van der Waals surface area contributed by atoms with Gasteiger partial charge in [0.25, 0.3) is 0 Å². The average Bonchev–Trinajstić information content (AvgIpc) is 2.26. The molecule has 0 saturated heterocycles. The number of carbonyl (C=O) groups is 1. The third kappa shape index (κ3) is 3.46. The standard InChI is InChI=1S/C12H14BrN3O/c1-12(2,11(15)17)7-16-10-5-9(13)4-3-8(10)6-14/h3-5,16H,7H2,1-2H3,(H2,15,17). The maximum atomic E-state index is 11.2. The average molecular weight is 296 g/mol. The first-order chi connectivity index (χ1) is 7.86. The van der Waals surface area contributed by atoms with Gasteiger partial charge in [-0.25, -0.2) is 0 Å². The number of carbonyl (C=O) groups excluding carboxylic acids is 1. The molecular formula is C12H14BrN3O. The number of halogens is 1. The van der Waals surface area contributed by atoms with Gasteiger partial charge < -0.3 is 11.1 Å². The van der Waals surface area contributed by atoms with E-state index in [2.05, 4.69) is 27.3 Å². The molecule has 90 valence electrons. The van der Waals surface area contributed by atoms with Gasteiger partial charge in [-0.2, -0.15) is 5.26 Å². The summed E-state index contributed by atoms with van der Waals surface area (Å²) >= 11 is 3.33. The maximum absolute atomic E-state index is 11.2. The fourth-order valence-electron chi connectivity index (χ4n) is 1.16. The Bertz CT molecular complexity index is 477. The number of rotatable bonds is 4. The number of hydrogen-bond acceptors (Lipinski definition) is 3. The van der Waals surface area contributed by atoms with Gasteiger partial charge in [-0.1, -0.05) is 15.9 Å². The molecule has 0 aliphatic heterocycles. The van der Waals surface area contributed by atoms with Crippen molar-refractivity contribution in [1.82, 2.24) is 0 Å². The molecule has 0 aliphatic carbocycles. The van der Waals surface area contributed by atoms with Crippen molar-refractivity contribution in [2.45, 2.75) is 13.8 Å². The van der Waals surface area contributed by atoms with Gasteiger partial charge in [-0.15, -0.1) is 0 Å². The van der Waals surface area contributed by atoms with Crippen LogP contribution in [0.3, 0.4) is 0 Å². The van der Waals surface area contributed by atoms with E-state index in [9.17, 15) is 4.79 Å². The van der Waals surface area contributed by atoms with Gasteiger partial charge in [0.1, 0.15) is 6.07 Å². The summed E-state index contributed by atoms with van der Waals surface area (Å²) in [4.78, 5) is 11.2. The summed E-state index contributed by atoms with van der Waals surface area (Å²) in [5.41, 5.74) is 5.85. The Hall–Kier alpha value is -1.54. The molecule has 1 aromatic rings. The molecule has 0 aliphatic rings. The van der Waals surface area contributed by atoms with Gasteiger partial charge in [0.05, 0.1) is 16.7 Å². The zero-order valence-corrected chi connectivity index (χ0v) is 11.3. The minimum Gasteiger partial charge on any atom is -0.383 e. The van der Waals surface area contributed by atoms with E-state index < -0.39 is 5.41 Å². The Morgan fingerprint density at radius 3 is 2.76 bits per heavy atom. The molecule has 0 atom stereocenters. The Kier molecular flexibility index (Phi) is 4.13. The first-order valence-electron chi connectivity index (χ1n) is 5.10. The number of nitrogens with one attached hydrogen (secondary N) is 1. The predicted octanol–water partition coefficient (Wildman–Crippen LogP) is 2.24. The van der Waals surface area contributed by atoms with Gasteiger partial charge in [-0.05, 0) is 32.0 Å². The molecule has 0 heterocycles. The summed E-state index contributed by atoms with van der Waals surface area (Å²) in [5, 5.41) is 12.0. The summed E-state index contributed by atoms with van der Waals surface area (Å²) in [6.45, 7) is 3.90. The molecule has 0 spiro atoms. The van der Waals surface area contributed by atoms with Crippen LogP contribution in [-0.2, 0) is 4.79 Å². The van der Waals surface area contributed by atoms with Crippen LogP contribution in [0.5, 0.6) is 0 Å². The number of benzene rings is 1. The fraction of sp³-hybridized carbons (Fsp3) is 0.333. The van der Waals surface area contributed by atoms with Crippen LogP contribution in [0.15, 0.2) is 22.7 Å². The minimum atomic E-state index is -0.658. The van der Waals surface area contributed by atoms with Crippen molar-refractivity contribution in [3.63, 3.8) is 0 Å². The zero-order chi connectivity index (χ0) is 13.1. The quantitative estimate of drug-likeness (QED) is 0.894. The summed E-state index contributed by atoms with van der Waals surface area (Å²) in [6.07, 6.45) is 0. The third-order valence-corrected chi connectivity index (χ3v) is 2.98. The second-order valence-corrected chi connectivity index (χ2v) is 5.32. The Morgan fingerprint density at radius 2 is 2.24 bits per heavy atom. The second-order valence-electron chi connectivity index (χ2n) is 4.40. The minimum absolute atomic E-state index is 0.376. The Balaban J connectivity index is 2.86. The van der Waals surface area contributed by atoms with E-state index in [1.807, 2.05) is 0 Å². The normalized spacial score (nSPS) is 10.7. The molecule has 5 heteroatoms. The summed E-state index contributed by atoms with van der Waals surface area (Å²) in [7, 11) is 0.